The maximum Gasteiger partial charge on any atom is 0.274 e. The maximum atomic E-state index is 12.8. The van der Waals surface area contributed by atoms with Crippen LogP contribution >= 0.6 is 0 Å². The van der Waals surface area contributed by atoms with Crippen LogP contribution in [0, 0.1) is 12.8 Å². The van der Waals surface area contributed by atoms with Gasteiger partial charge in [-0.1, -0.05) is 31.2 Å². The zero-order valence-corrected chi connectivity index (χ0v) is 14.4. The Bertz CT molecular complexity index is 719. The maximum absolute atomic E-state index is 12.8. The molecule has 1 aromatic heterocycles. The predicted molar refractivity (Wildman–Crippen MR) is 91.4 cm³/mol. The summed E-state index contributed by atoms with van der Waals surface area (Å²) in [5.41, 5.74) is 2.95. The van der Waals surface area contributed by atoms with Crippen LogP contribution in [0.25, 0.3) is 0 Å². The lowest BCUT2D eigenvalue weighted by molar-refractivity contribution is 0.0736. The van der Waals surface area contributed by atoms with Crippen molar-refractivity contribution in [2.75, 3.05) is 7.05 Å². The van der Waals surface area contributed by atoms with Crippen molar-refractivity contribution in [1.82, 2.24) is 14.5 Å². The van der Waals surface area contributed by atoms with Gasteiger partial charge < -0.3 is 9.47 Å². The first-order chi connectivity index (χ1) is 11.0. The van der Waals surface area contributed by atoms with Crippen LogP contribution in [-0.4, -0.2) is 27.4 Å². The van der Waals surface area contributed by atoms with E-state index in [0.717, 1.165) is 25.2 Å². The molecule has 2 atom stereocenters. The van der Waals surface area contributed by atoms with Gasteiger partial charge in [0.2, 0.25) is 0 Å². The van der Waals surface area contributed by atoms with E-state index < -0.39 is 0 Å². The second-order valence-electron chi connectivity index (χ2n) is 6.79. The van der Waals surface area contributed by atoms with Crippen LogP contribution in [0.2, 0.25) is 0 Å². The molecule has 2 aromatic rings. The van der Waals surface area contributed by atoms with Crippen molar-refractivity contribution in [1.29, 1.82) is 0 Å². The highest BCUT2D eigenvalue weighted by Crippen LogP contribution is 2.25. The average molecular weight is 311 g/mol. The van der Waals surface area contributed by atoms with Crippen LogP contribution in [0.1, 0.15) is 53.7 Å². The lowest BCUT2D eigenvalue weighted by Crippen LogP contribution is -2.30. The van der Waals surface area contributed by atoms with Gasteiger partial charge in [0.1, 0.15) is 11.5 Å². The largest absolute Gasteiger partial charge is 0.334 e. The number of rotatable bonds is 3. The van der Waals surface area contributed by atoms with Crippen molar-refractivity contribution < 1.29 is 4.79 Å². The summed E-state index contributed by atoms with van der Waals surface area (Å²) in [6, 6.07) is 8.25. The summed E-state index contributed by atoms with van der Waals surface area (Å²) in [5.74, 6) is 1.70. The Labute approximate surface area is 138 Å². The van der Waals surface area contributed by atoms with Crippen LogP contribution in [0.4, 0.5) is 0 Å². The standard InChI is InChI=1S/C19H25N3O/c1-13-9-10-18-20-17(12-22(18)11-13)19(23)21(4)15(3)16-8-6-5-7-14(16)2/h5-8,12-13,15H,9-11H2,1-4H3/t13?,15-/m1/s1. The normalized spacial score (nSPS) is 18.3. The molecule has 0 spiro atoms. The van der Waals surface area contributed by atoms with E-state index in [2.05, 4.69) is 42.5 Å². The number of fused-ring (bicyclic) bond motifs is 1. The number of amides is 1. The lowest BCUT2D eigenvalue weighted by atomic mass is 10.0. The van der Waals surface area contributed by atoms with E-state index in [1.807, 2.05) is 25.4 Å². The third kappa shape index (κ3) is 3.03. The van der Waals surface area contributed by atoms with E-state index in [-0.39, 0.29) is 11.9 Å². The topological polar surface area (TPSA) is 38.1 Å². The molecule has 1 aliphatic rings. The van der Waals surface area contributed by atoms with Crippen molar-refractivity contribution in [3.63, 3.8) is 0 Å². The number of carbonyl (C=O) groups excluding carboxylic acids is 1. The second-order valence-corrected chi connectivity index (χ2v) is 6.79. The Morgan fingerprint density at radius 1 is 1.39 bits per heavy atom. The van der Waals surface area contributed by atoms with Gasteiger partial charge in [0.15, 0.2) is 0 Å². The number of hydrogen-bond donors (Lipinski definition) is 0. The fraction of sp³-hybridized carbons (Fsp3) is 0.474. The Kier molecular flexibility index (Phi) is 4.24. The van der Waals surface area contributed by atoms with Crippen molar-refractivity contribution in [2.45, 2.75) is 46.2 Å². The van der Waals surface area contributed by atoms with E-state index in [9.17, 15) is 4.79 Å². The highest BCUT2D eigenvalue weighted by Gasteiger charge is 2.25. The van der Waals surface area contributed by atoms with E-state index in [4.69, 9.17) is 0 Å². The molecule has 0 fully saturated rings. The van der Waals surface area contributed by atoms with Crippen LogP contribution in [0.15, 0.2) is 30.5 Å². The number of carbonyl (C=O) groups is 1. The van der Waals surface area contributed by atoms with E-state index in [1.165, 1.54) is 11.1 Å². The highest BCUT2D eigenvalue weighted by atomic mass is 16.2. The minimum Gasteiger partial charge on any atom is -0.334 e. The molecular formula is C19H25N3O. The zero-order valence-electron chi connectivity index (χ0n) is 14.4. The van der Waals surface area contributed by atoms with Crippen LogP contribution in [0.5, 0.6) is 0 Å². The molecule has 122 valence electrons. The highest BCUT2D eigenvalue weighted by molar-refractivity contribution is 5.92. The van der Waals surface area contributed by atoms with Crippen LogP contribution in [-0.2, 0) is 13.0 Å². The molecule has 2 heterocycles. The van der Waals surface area contributed by atoms with Crippen LogP contribution in [0.3, 0.4) is 0 Å². The Hall–Kier alpha value is -2.10. The quantitative estimate of drug-likeness (QED) is 0.868. The van der Waals surface area contributed by atoms with Crippen molar-refractivity contribution >= 4 is 5.91 Å². The summed E-state index contributed by atoms with van der Waals surface area (Å²) < 4.78 is 2.15. The minimum absolute atomic E-state index is 0.00435. The Morgan fingerprint density at radius 3 is 2.87 bits per heavy atom. The first kappa shape index (κ1) is 15.8. The van der Waals surface area contributed by atoms with Crippen molar-refractivity contribution in [2.24, 2.45) is 5.92 Å². The summed E-state index contributed by atoms with van der Waals surface area (Å²) in [4.78, 5) is 19.2. The SMILES string of the molecule is Cc1ccccc1[C@@H](C)N(C)C(=O)c1cn2c(n1)CCC(C)C2. The molecule has 0 saturated heterocycles. The number of aromatic nitrogens is 2. The van der Waals surface area contributed by atoms with Gasteiger partial charge in [0.05, 0.1) is 6.04 Å². The van der Waals surface area contributed by atoms with Gasteiger partial charge in [-0.3, -0.25) is 4.79 Å². The molecule has 4 heteroatoms. The molecule has 1 aromatic carbocycles. The third-order valence-electron chi connectivity index (χ3n) is 4.99. The molecule has 1 aliphatic heterocycles. The molecule has 1 unspecified atom stereocenters. The number of nitrogens with zero attached hydrogens (tertiary/aromatic N) is 3. The number of aryl methyl sites for hydroxylation is 2. The fourth-order valence-corrected chi connectivity index (χ4v) is 3.34. The van der Waals surface area contributed by atoms with Crippen LogP contribution < -0.4 is 0 Å². The molecule has 0 aliphatic carbocycles. The Morgan fingerprint density at radius 2 is 2.13 bits per heavy atom. The Balaban J connectivity index is 1.81. The zero-order chi connectivity index (χ0) is 16.6. The third-order valence-corrected chi connectivity index (χ3v) is 4.99. The predicted octanol–water partition coefficient (Wildman–Crippen LogP) is 3.61. The van der Waals surface area contributed by atoms with Gasteiger partial charge in [-0.25, -0.2) is 4.98 Å². The smallest absolute Gasteiger partial charge is 0.274 e. The number of imidazole rings is 1. The molecule has 0 radical (unpaired) electrons. The monoisotopic (exact) mass is 311 g/mol. The van der Waals surface area contributed by atoms with Gasteiger partial charge in [-0.05, 0) is 37.3 Å². The molecule has 0 bridgehead atoms. The van der Waals surface area contributed by atoms with Gasteiger partial charge in [-0.2, -0.15) is 0 Å². The first-order valence-corrected chi connectivity index (χ1v) is 8.36. The van der Waals surface area contributed by atoms with E-state index in [1.54, 1.807) is 4.90 Å². The fourth-order valence-electron chi connectivity index (χ4n) is 3.34. The summed E-state index contributed by atoms with van der Waals surface area (Å²) in [6.45, 7) is 7.36. The summed E-state index contributed by atoms with van der Waals surface area (Å²) in [7, 11) is 1.86. The van der Waals surface area contributed by atoms with Gasteiger partial charge in [-0.15, -0.1) is 0 Å². The van der Waals surface area contributed by atoms with Gasteiger partial charge >= 0.3 is 0 Å². The molecule has 0 N–H and O–H groups in total. The average Bonchev–Trinajstić information content (AvgIpc) is 2.96. The van der Waals surface area contributed by atoms with Gasteiger partial charge in [0.25, 0.3) is 5.91 Å². The summed E-state index contributed by atoms with van der Waals surface area (Å²) in [5, 5.41) is 0. The molecule has 0 saturated carbocycles. The van der Waals surface area contributed by atoms with Gasteiger partial charge in [0, 0.05) is 26.2 Å². The van der Waals surface area contributed by atoms with Crippen molar-refractivity contribution in [3.05, 3.63) is 53.1 Å². The summed E-state index contributed by atoms with van der Waals surface area (Å²) >= 11 is 0. The minimum atomic E-state index is -0.00435. The molecule has 1 amide bonds. The number of benzene rings is 1. The first-order valence-electron chi connectivity index (χ1n) is 8.36. The molecular weight excluding hydrogens is 286 g/mol. The van der Waals surface area contributed by atoms with Crippen molar-refractivity contribution in [3.8, 4) is 0 Å². The van der Waals surface area contributed by atoms with E-state index >= 15 is 0 Å². The number of hydrogen-bond acceptors (Lipinski definition) is 2. The molecule has 23 heavy (non-hydrogen) atoms. The molecule has 3 rings (SSSR count). The molecule has 4 nitrogen and oxygen atoms in total. The van der Waals surface area contributed by atoms with E-state index in [0.29, 0.717) is 11.6 Å². The summed E-state index contributed by atoms with van der Waals surface area (Å²) in [6.07, 6.45) is 4.04. The lowest BCUT2D eigenvalue weighted by Gasteiger charge is -2.25. The second kappa shape index (κ2) is 6.19.